The number of nitrogens with zero attached hydrogens (tertiary/aromatic N) is 1. The van der Waals surface area contributed by atoms with E-state index in [1.165, 1.54) is 37.2 Å². The second kappa shape index (κ2) is 7.09. The Morgan fingerprint density at radius 2 is 1.70 bits per heavy atom. The fourth-order valence-electron chi connectivity index (χ4n) is 2.74. The molecule has 3 nitrogen and oxygen atoms in total. The molecule has 0 aliphatic carbocycles. The fraction of sp³-hybridized carbons (Fsp3) is 0.647. The van der Waals surface area contributed by atoms with Crippen LogP contribution in [0, 0.1) is 0 Å². The number of aliphatic hydroxyl groups is 1. The van der Waals surface area contributed by atoms with Crippen LogP contribution < -0.4 is 10.2 Å². The van der Waals surface area contributed by atoms with Gasteiger partial charge in [0.05, 0.1) is 5.60 Å². The van der Waals surface area contributed by atoms with Crippen molar-refractivity contribution >= 4 is 5.69 Å². The van der Waals surface area contributed by atoms with Crippen molar-refractivity contribution in [2.24, 2.45) is 0 Å². The Hall–Kier alpha value is -1.06. The minimum absolute atomic E-state index is 0.560. The second-order valence-electron chi connectivity index (χ2n) is 5.90. The van der Waals surface area contributed by atoms with Gasteiger partial charge in [-0.3, -0.25) is 0 Å². The van der Waals surface area contributed by atoms with Gasteiger partial charge in [-0.1, -0.05) is 26.0 Å². The molecular formula is C17H28N2O. The molecule has 1 fully saturated rings. The van der Waals surface area contributed by atoms with Crippen LogP contribution in [-0.2, 0) is 6.54 Å². The molecular weight excluding hydrogens is 248 g/mol. The van der Waals surface area contributed by atoms with E-state index in [2.05, 4.69) is 34.5 Å². The van der Waals surface area contributed by atoms with Gasteiger partial charge in [0.15, 0.2) is 0 Å². The van der Waals surface area contributed by atoms with Crippen LogP contribution in [0.1, 0.15) is 45.1 Å². The van der Waals surface area contributed by atoms with E-state index in [0.717, 1.165) is 19.4 Å². The number of hydrogen-bond acceptors (Lipinski definition) is 3. The van der Waals surface area contributed by atoms with Crippen LogP contribution in [-0.4, -0.2) is 30.3 Å². The van der Waals surface area contributed by atoms with Crippen molar-refractivity contribution in [2.45, 2.75) is 51.7 Å². The Balaban J connectivity index is 1.81. The Morgan fingerprint density at radius 3 is 2.25 bits per heavy atom. The summed E-state index contributed by atoms with van der Waals surface area (Å²) >= 11 is 0. The first-order chi connectivity index (χ1) is 9.67. The molecule has 0 amide bonds. The number of rotatable bonds is 7. The quantitative estimate of drug-likeness (QED) is 0.804. The molecule has 3 heteroatoms. The lowest BCUT2D eigenvalue weighted by Gasteiger charge is -2.25. The van der Waals surface area contributed by atoms with E-state index in [-0.39, 0.29) is 0 Å². The maximum atomic E-state index is 10.2. The topological polar surface area (TPSA) is 35.5 Å². The molecule has 0 unspecified atom stereocenters. The summed E-state index contributed by atoms with van der Waals surface area (Å²) in [7, 11) is 0. The van der Waals surface area contributed by atoms with E-state index in [4.69, 9.17) is 0 Å². The van der Waals surface area contributed by atoms with Crippen molar-refractivity contribution in [3.63, 3.8) is 0 Å². The van der Waals surface area contributed by atoms with Crippen molar-refractivity contribution in [3.8, 4) is 0 Å². The third-order valence-electron chi connectivity index (χ3n) is 4.51. The average Bonchev–Trinajstić information content (AvgIpc) is 3.02. The number of benzene rings is 1. The first-order valence-electron chi connectivity index (χ1n) is 7.94. The molecule has 1 aliphatic heterocycles. The van der Waals surface area contributed by atoms with Crippen molar-refractivity contribution in [3.05, 3.63) is 29.8 Å². The Kier molecular flexibility index (Phi) is 5.44. The maximum Gasteiger partial charge on any atom is 0.0766 e. The predicted molar refractivity (Wildman–Crippen MR) is 85.1 cm³/mol. The van der Waals surface area contributed by atoms with Crippen LogP contribution in [0.2, 0.25) is 0 Å². The van der Waals surface area contributed by atoms with E-state index in [1.54, 1.807) is 0 Å². The average molecular weight is 276 g/mol. The predicted octanol–water partition coefficient (Wildman–Crippen LogP) is 2.93. The largest absolute Gasteiger partial charge is 0.389 e. The maximum absolute atomic E-state index is 10.2. The van der Waals surface area contributed by atoms with E-state index in [9.17, 15) is 5.11 Å². The fourth-order valence-corrected chi connectivity index (χ4v) is 2.74. The smallest absolute Gasteiger partial charge is 0.0766 e. The summed E-state index contributed by atoms with van der Waals surface area (Å²) in [6.45, 7) is 7.94. The van der Waals surface area contributed by atoms with Crippen LogP contribution in [0.25, 0.3) is 0 Å². The molecule has 0 atom stereocenters. The summed E-state index contributed by atoms with van der Waals surface area (Å²) < 4.78 is 0. The van der Waals surface area contributed by atoms with Gasteiger partial charge in [0.25, 0.3) is 0 Å². The molecule has 0 radical (unpaired) electrons. The Labute approximate surface area is 123 Å². The van der Waals surface area contributed by atoms with Crippen LogP contribution in [0.5, 0.6) is 0 Å². The standard InChI is InChI=1S/C17H28N2O/c1-3-17(20,4-2)14-18-13-15-7-9-16(10-8-15)19-11-5-6-12-19/h7-10,18,20H,3-6,11-14H2,1-2H3. The lowest BCUT2D eigenvalue weighted by atomic mass is 9.97. The zero-order valence-electron chi connectivity index (χ0n) is 12.9. The molecule has 0 aromatic heterocycles. The van der Waals surface area contributed by atoms with Gasteiger partial charge >= 0.3 is 0 Å². The first kappa shape index (κ1) is 15.3. The normalized spacial score (nSPS) is 15.8. The van der Waals surface area contributed by atoms with Crippen molar-refractivity contribution in [1.29, 1.82) is 0 Å². The lowest BCUT2D eigenvalue weighted by molar-refractivity contribution is 0.0323. The van der Waals surface area contributed by atoms with Gasteiger partial charge in [-0.2, -0.15) is 0 Å². The van der Waals surface area contributed by atoms with Gasteiger partial charge in [-0.25, -0.2) is 0 Å². The van der Waals surface area contributed by atoms with Crippen LogP contribution in [0.4, 0.5) is 5.69 Å². The molecule has 0 spiro atoms. The molecule has 112 valence electrons. The molecule has 1 aromatic rings. The van der Waals surface area contributed by atoms with Crippen LogP contribution >= 0.6 is 0 Å². The van der Waals surface area contributed by atoms with Crippen molar-refractivity contribution in [1.82, 2.24) is 5.32 Å². The summed E-state index contributed by atoms with van der Waals surface area (Å²) in [5.41, 5.74) is 2.06. The monoisotopic (exact) mass is 276 g/mol. The zero-order chi connectivity index (χ0) is 14.4. The summed E-state index contributed by atoms with van der Waals surface area (Å²) in [6.07, 6.45) is 4.22. The minimum atomic E-state index is -0.560. The van der Waals surface area contributed by atoms with Crippen molar-refractivity contribution < 1.29 is 5.11 Å². The van der Waals surface area contributed by atoms with Gasteiger partial charge in [0, 0.05) is 31.9 Å². The summed E-state index contributed by atoms with van der Waals surface area (Å²) in [4.78, 5) is 2.45. The van der Waals surface area contributed by atoms with Gasteiger partial charge < -0.3 is 15.3 Å². The molecule has 1 heterocycles. The first-order valence-corrected chi connectivity index (χ1v) is 7.94. The van der Waals surface area contributed by atoms with Gasteiger partial charge in [-0.15, -0.1) is 0 Å². The summed E-state index contributed by atoms with van der Waals surface area (Å²) in [6, 6.07) is 8.82. The van der Waals surface area contributed by atoms with Gasteiger partial charge in [-0.05, 0) is 43.4 Å². The number of hydrogen-bond donors (Lipinski definition) is 2. The Bertz CT molecular complexity index is 392. The molecule has 1 aliphatic rings. The summed E-state index contributed by atoms with van der Waals surface area (Å²) in [5, 5.41) is 13.6. The molecule has 2 N–H and O–H groups in total. The minimum Gasteiger partial charge on any atom is -0.389 e. The number of nitrogens with one attached hydrogen (secondary N) is 1. The van der Waals surface area contributed by atoms with Crippen molar-refractivity contribution in [2.75, 3.05) is 24.5 Å². The SMILES string of the molecule is CCC(O)(CC)CNCc1ccc(N2CCCC2)cc1. The Morgan fingerprint density at radius 1 is 1.10 bits per heavy atom. The molecule has 2 rings (SSSR count). The van der Waals surface area contributed by atoms with Crippen LogP contribution in [0.15, 0.2) is 24.3 Å². The highest BCUT2D eigenvalue weighted by Crippen LogP contribution is 2.20. The van der Waals surface area contributed by atoms with E-state index in [0.29, 0.717) is 6.54 Å². The van der Waals surface area contributed by atoms with Gasteiger partial charge in [0.2, 0.25) is 0 Å². The number of anilines is 1. The van der Waals surface area contributed by atoms with E-state index >= 15 is 0 Å². The molecule has 1 aromatic carbocycles. The van der Waals surface area contributed by atoms with Crippen LogP contribution in [0.3, 0.4) is 0 Å². The highest BCUT2D eigenvalue weighted by molar-refractivity contribution is 5.48. The van der Waals surface area contributed by atoms with Gasteiger partial charge in [0.1, 0.15) is 0 Å². The highest BCUT2D eigenvalue weighted by atomic mass is 16.3. The van der Waals surface area contributed by atoms with E-state index in [1.807, 2.05) is 13.8 Å². The molecule has 0 bridgehead atoms. The highest BCUT2D eigenvalue weighted by Gasteiger charge is 2.21. The third-order valence-corrected chi connectivity index (χ3v) is 4.51. The summed E-state index contributed by atoms with van der Waals surface area (Å²) in [5.74, 6) is 0. The molecule has 0 saturated carbocycles. The molecule has 1 saturated heterocycles. The molecule has 20 heavy (non-hydrogen) atoms. The third kappa shape index (κ3) is 3.97. The van der Waals surface area contributed by atoms with E-state index < -0.39 is 5.60 Å². The lowest BCUT2D eigenvalue weighted by Crippen LogP contribution is -2.39. The zero-order valence-corrected chi connectivity index (χ0v) is 12.9. The second-order valence-corrected chi connectivity index (χ2v) is 5.90.